The highest BCUT2D eigenvalue weighted by molar-refractivity contribution is 5.85. The molecule has 1 aromatic carbocycles. The number of rotatable bonds is 2. The van der Waals surface area contributed by atoms with Crippen molar-refractivity contribution in [2.75, 3.05) is 0 Å². The van der Waals surface area contributed by atoms with Crippen LogP contribution in [-0.2, 0) is 0 Å². The first kappa shape index (κ1) is 11.4. The summed E-state index contributed by atoms with van der Waals surface area (Å²) >= 11 is 0. The fraction of sp³-hybridized carbons (Fsp3) is 0. The molecule has 0 aliphatic carbocycles. The van der Waals surface area contributed by atoms with Crippen molar-refractivity contribution in [1.29, 1.82) is 0 Å². The van der Waals surface area contributed by atoms with E-state index in [1.54, 1.807) is 12.3 Å². The lowest BCUT2D eigenvalue weighted by Gasteiger charge is -2.01. The van der Waals surface area contributed by atoms with Crippen LogP contribution in [0.15, 0.2) is 54.7 Å². The topological polar surface area (TPSA) is 46.0 Å². The van der Waals surface area contributed by atoms with Gasteiger partial charge in [0.05, 0.1) is 11.4 Å². The third-order valence-electron chi connectivity index (χ3n) is 2.83. The molecule has 0 saturated heterocycles. The smallest absolute Gasteiger partial charge is 0.141 e. The van der Waals surface area contributed by atoms with E-state index in [9.17, 15) is 5.11 Å². The number of nitrogens with zero attached hydrogens (tertiary/aromatic N) is 2. The van der Waals surface area contributed by atoms with Gasteiger partial charge in [0.1, 0.15) is 11.3 Å². The van der Waals surface area contributed by atoms with E-state index in [1.807, 2.05) is 54.6 Å². The minimum Gasteiger partial charge on any atom is -0.506 e. The Morgan fingerprint density at radius 1 is 0.842 bits per heavy atom. The molecule has 3 nitrogen and oxygen atoms in total. The van der Waals surface area contributed by atoms with Gasteiger partial charge < -0.3 is 5.11 Å². The van der Waals surface area contributed by atoms with Gasteiger partial charge in [-0.2, -0.15) is 0 Å². The lowest BCUT2D eigenvalue weighted by atomic mass is 10.2. The fourth-order valence-corrected chi connectivity index (χ4v) is 1.88. The Kier molecular flexibility index (Phi) is 2.94. The molecule has 0 fully saturated rings. The zero-order valence-electron chi connectivity index (χ0n) is 10.2. The highest BCUT2D eigenvalue weighted by Crippen LogP contribution is 2.22. The summed E-state index contributed by atoms with van der Waals surface area (Å²) in [5, 5.41) is 10.7. The minimum atomic E-state index is 0.200. The van der Waals surface area contributed by atoms with Crippen LogP contribution in [0.25, 0.3) is 23.1 Å². The second-order valence-corrected chi connectivity index (χ2v) is 4.17. The Morgan fingerprint density at radius 3 is 2.58 bits per heavy atom. The number of aromatic nitrogens is 2. The van der Waals surface area contributed by atoms with Crippen LogP contribution in [0.1, 0.15) is 11.4 Å². The zero-order chi connectivity index (χ0) is 13.1. The van der Waals surface area contributed by atoms with Crippen LogP contribution in [0.3, 0.4) is 0 Å². The van der Waals surface area contributed by atoms with Crippen LogP contribution in [-0.4, -0.2) is 15.1 Å². The van der Waals surface area contributed by atoms with E-state index in [0.29, 0.717) is 5.52 Å². The van der Waals surface area contributed by atoms with Gasteiger partial charge in [0.25, 0.3) is 0 Å². The largest absolute Gasteiger partial charge is 0.506 e. The van der Waals surface area contributed by atoms with Crippen molar-refractivity contribution in [3.05, 3.63) is 66.1 Å². The molecule has 3 aromatic rings. The van der Waals surface area contributed by atoms with Gasteiger partial charge in [0, 0.05) is 11.6 Å². The standard InChI is InChI=1S/C16H12N2O/c19-15-6-3-4-12-7-8-14(18-16(12)15)10-9-13-5-1-2-11-17-13/h1-11,19H. The molecule has 92 valence electrons. The first-order chi connectivity index (χ1) is 9.33. The molecule has 3 rings (SSSR count). The van der Waals surface area contributed by atoms with E-state index < -0.39 is 0 Å². The van der Waals surface area contributed by atoms with Crippen molar-refractivity contribution in [1.82, 2.24) is 9.97 Å². The molecular weight excluding hydrogens is 236 g/mol. The summed E-state index contributed by atoms with van der Waals surface area (Å²) in [6, 6.07) is 15.0. The summed E-state index contributed by atoms with van der Waals surface area (Å²) in [7, 11) is 0. The molecular formula is C16H12N2O. The second-order valence-electron chi connectivity index (χ2n) is 4.17. The molecule has 2 aromatic heterocycles. The molecule has 0 bridgehead atoms. The number of hydrogen-bond acceptors (Lipinski definition) is 3. The van der Waals surface area contributed by atoms with Crippen molar-refractivity contribution >= 4 is 23.1 Å². The van der Waals surface area contributed by atoms with Crippen LogP contribution in [0.4, 0.5) is 0 Å². The predicted octanol–water partition coefficient (Wildman–Crippen LogP) is 3.51. The van der Waals surface area contributed by atoms with Crippen LogP contribution >= 0.6 is 0 Å². The third-order valence-corrected chi connectivity index (χ3v) is 2.83. The summed E-state index contributed by atoms with van der Waals surface area (Å²) in [4.78, 5) is 8.63. The van der Waals surface area contributed by atoms with Crippen LogP contribution in [0, 0.1) is 0 Å². The van der Waals surface area contributed by atoms with Gasteiger partial charge >= 0.3 is 0 Å². The average Bonchev–Trinajstić information content (AvgIpc) is 2.47. The van der Waals surface area contributed by atoms with E-state index in [-0.39, 0.29) is 5.75 Å². The van der Waals surface area contributed by atoms with Gasteiger partial charge in [-0.1, -0.05) is 24.3 Å². The first-order valence-corrected chi connectivity index (χ1v) is 6.01. The average molecular weight is 248 g/mol. The van der Waals surface area contributed by atoms with E-state index in [1.165, 1.54) is 0 Å². The van der Waals surface area contributed by atoms with E-state index in [4.69, 9.17) is 0 Å². The highest BCUT2D eigenvalue weighted by atomic mass is 16.3. The molecule has 19 heavy (non-hydrogen) atoms. The normalized spacial score (nSPS) is 11.2. The number of pyridine rings is 2. The molecule has 0 spiro atoms. The number of phenolic OH excluding ortho intramolecular Hbond substituents is 1. The molecule has 0 aliphatic rings. The Labute approximate surface area is 110 Å². The molecule has 0 aliphatic heterocycles. The van der Waals surface area contributed by atoms with Crippen molar-refractivity contribution in [2.45, 2.75) is 0 Å². The number of phenols is 1. The van der Waals surface area contributed by atoms with Gasteiger partial charge in [0.15, 0.2) is 0 Å². The molecule has 0 unspecified atom stereocenters. The Hall–Kier alpha value is -2.68. The number of para-hydroxylation sites is 1. The number of fused-ring (bicyclic) bond motifs is 1. The number of hydrogen-bond donors (Lipinski definition) is 1. The molecule has 2 heterocycles. The maximum atomic E-state index is 9.78. The third kappa shape index (κ3) is 2.45. The predicted molar refractivity (Wildman–Crippen MR) is 76.6 cm³/mol. The quantitative estimate of drug-likeness (QED) is 0.755. The van der Waals surface area contributed by atoms with Gasteiger partial charge in [-0.3, -0.25) is 4.98 Å². The highest BCUT2D eigenvalue weighted by Gasteiger charge is 2.00. The molecule has 1 N–H and O–H groups in total. The Morgan fingerprint density at radius 2 is 1.74 bits per heavy atom. The summed E-state index contributed by atoms with van der Waals surface area (Å²) in [6.45, 7) is 0. The molecule has 0 atom stereocenters. The fourth-order valence-electron chi connectivity index (χ4n) is 1.88. The van der Waals surface area contributed by atoms with Crippen molar-refractivity contribution in [2.24, 2.45) is 0 Å². The van der Waals surface area contributed by atoms with Crippen molar-refractivity contribution in [3.8, 4) is 5.75 Å². The van der Waals surface area contributed by atoms with Crippen molar-refractivity contribution in [3.63, 3.8) is 0 Å². The zero-order valence-corrected chi connectivity index (χ0v) is 10.2. The number of benzene rings is 1. The summed E-state index contributed by atoms with van der Waals surface area (Å²) in [5.74, 6) is 0.200. The molecule has 0 radical (unpaired) electrons. The monoisotopic (exact) mass is 248 g/mol. The lowest BCUT2D eigenvalue weighted by molar-refractivity contribution is 0.480. The Balaban J connectivity index is 1.98. The minimum absolute atomic E-state index is 0.200. The SMILES string of the molecule is Oc1cccc2ccc(C=Cc3ccccn3)nc12. The lowest BCUT2D eigenvalue weighted by Crippen LogP contribution is -1.84. The number of aromatic hydroxyl groups is 1. The summed E-state index contributed by atoms with van der Waals surface area (Å²) in [5.41, 5.74) is 2.28. The first-order valence-electron chi connectivity index (χ1n) is 6.01. The second kappa shape index (κ2) is 4.90. The summed E-state index contributed by atoms with van der Waals surface area (Å²) in [6.07, 6.45) is 5.53. The van der Waals surface area contributed by atoms with E-state index in [2.05, 4.69) is 9.97 Å². The van der Waals surface area contributed by atoms with Gasteiger partial charge in [0.2, 0.25) is 0 Å². The maximum absolute atomic E-state index is 9.78. The van der Waals surface area contributed by atoms with Gasteiger partial charge in [-0.15, -0.1) is 0 Å². The van der Waals surface area contributed by atoms with Gasteiger partial charge in [-0.25, -0.2) is 4.98 Å². The van der Waals surface area contributed by atoms with Crippen molar-refractivity contribution < 1.29 is 5.11 Å². The molecule has 3 heteroatoms. The summed E-state index contributed by atoms with van der Waals surface area (Å²) < 4.78 is 0. The Bertz CT molecular complexity index is 736. The van der Waals surface area contributed by atoms with E-state index >= 15 is 0 Å². The van der Waals surface area contributed by atoms with Crippen LogP contribution in [0.5, 0.6) is 5.75 Å². The molecule has 0 amide bonds. The van der Waals surface area contributed by atoms with Crippen LogP contribution in [0.2, 0.25) is 0 Å². The van der Waals surface area contributed by atoms with E-state index in [0.717, 1.165) is 16.8 Å². The molecule has 0 saturated carbocycles. The maximum Gasteiger partial charge on any atom is 0.141 e. The van der Waals surface area contributed by atoms with Crippen LogP contribution < -0.4 is 0 Å². The van der Waals surface area contributed by atoms with Gasteiger partial charge in [-0.05, 0) is 36.4 Å².